The molecular weight excluding hydrogens is 350 g/mol. The van der Waals surface area contributed by atoms with Crippen LogP contribution in [0.4, 0.5) is 5.69 Å². The molecule has 0 aliphatic carbocycles. The van der Waals surface area contributed by atoms with Crippen LogP contribution in [0.25, 0.3) is 0 Å². The number of thioether (sulfide) groups is 1. The molecule has 0 saturated carbocycles. The number of hydrogen-bond acceptors (Lipinski definition) is 5. The maximum atomic E-state index is 12.6. The average molecular weight is 371 g/mol. The van der Waals surface area contributed by atoms with Crippen LogP contribution < -0.4 is 5.32 Å². The van der Waals surface area contributed by atoms with E-state index in [0.29, 0.717) is 16.3 Å². The van der Waals surface area contributed by atoms with Crippen molar-refractivity contribution in [3.63, 3.8) is 0 Å². The Morgan fingerprint density at radius 1 is 1.38 bits per heavy atom. The van der Waals surface area contributed by atoms with Crippen LogP contribution in [0.1, 0.15) is 33.3 Å². The molecule has 0 aromatic heterocycles. The Hall–Kier alpha value is -2.59. The van der Waals surface area contributed by atoms with Crippen molar-refractivity contribution in [2.45, 2.75) is 33.7 Å². The van der Waals surface area contributed by atoms with Crippen LogP contribution in [-0.2, 0) is 14.4 Å². The average Bonchev–Trinajstić information content (AvgIpc) is 2.93. The van der Waals surface area contributed by atoms with Gasteiger partial charge in [0, 0.05) is 17.2 Å². The molecule has 1 aliphatic heterocycles. The Bertz CT molecular complexity index is 818. The van der Waals surface area contributed by atoms with Gasteiger partial charge < -0.3 is 5.32 Å². The molecule has 1 fully saturated rings. The fourth-order valence-corrected chi connectivity index (χ4v) is 3.27. The third-order valence-electron chi connectivity index (χ3n) is 3.87. The van der Waals surface area contributed by atoms with Gasteiger partial charge in [-0.1, -0.05) is 38.6 Å². The fourth-order valence-electron chi connectivity index (χ4n) is 2.27. The second kappa shape index (κ2) is 7.75. The number of carbonyl (C=O) groups excluding carboxylic acids is 3. The maximum absolute atomic E-state index is 12.6. The van der Waals surface area contributed by atoms with Crippen molar-refractivity contribution in [3.05, 3.63) is 40.9 Å². The van der Waals surface area contributed by atoms with E-state index in [9.17, 15) is 14.4 Å². The van der Waals surface area contributed by atoms with Crippen molar-refractivity contribution in [2.24, 2.45) is 5.41 Å². The molecule has 1 aromatic rings. The van der Waals surface area contributed by atoms with Crippen molar-refractivity contribution in [2.75, 3.05) is 11.1 Å². The summed E-state index contributed by atoms with van der Waals surface area (Å²) in [5, 5.41) is 12.1. The number of carbonyl (C=O) groups is 3. The minimum absolute atomic E-state index is 0.103. The first-order valence-electron chi connectivity index (χ1n) is 8.15. The Labute approximate surface area is 157 Å². The minimum Gasteiger partial charge on any atom is -0.324 e. The molecule has 0 spiro atoms. The molecule has 0 bridgehead atoms. The van der Waals surface area contributed by atoms with Gasteiger partial charge in [0.15, 0.2) is 5.78 Å². The lowest BCUT2D eigenvalue weighted by molar-refractivity contribution is -0.132. The summed E-state index contributed by atoms with van der Waals surface area (Å²) in [5.74, 6) is -0.499. The SMILES string of the molecule is C[C@H](C(=O)Nc1cccc(C#N)c1)N1C(=O)CS/C1=C\C(=O)C(C)(C)C. The molecule has 1 atom stereocenters. The lowest BCUT2D eigenvalue weighted by atomic mass is 9.91. The largest absolute Gasteiger partial charge is 0.324 e. The summed E-state index contributed by atoms with van der Waals surface area (Å²) in [6.45, 7) is 7.02. The Balaban J connectivity index is 2.19. The van der Waals surface area contributed by atoms with Crippen LogP contribution in [0.3, 0.4) is 0 Å². The van der Waals surface area contributed by atoms with Gasteiger partial charge in [0.05, 0.1) is 22.4 Å². The summed E-state index contributed by atoms with van der Waals surface area (Å²) in [4.78, 5) is 38.4. The number of benzene rings is 1. The second-order valence-corrected chi connectivity index (χ2v) is 8.00. The highest BCUT2D eigenvalue weighted by Crippen LogP contribution is 2.32. The molecule has 6 nitrogen and oxygen atoms in total. The van der Waals surface area contributed by atoms with Gasteiger partial charge in [-0.05, 0) is 25.1 Å². The number of anilines is 1. The Morgan fingerprint density at radius 3 is 2.69 bits per heavy atom. The van der Waals surface area contributed by atoms with E-state index in [1.165, 1.54) is 22.7 Å². The number of nitrogens with zero attached hydrogens (tertiary/aromatic N) is 2. The lowest BCUT2D eigenvalue weighted by Gasteiger charge is -2.25. The van der Waals surface area contributed by atoms with Gasteiger partial charge in [-0.15, -0.1) is 0 Å². The third kappa shape index (κ3) is 4.52. The van der Waals surface area contributed by atoms with E-state index in [1.807, 2.05) is 6.07 Å². The first-order chi connectivity index (χ1) is 12.1. The van der Waals surface area contributed by atoms with Gasteiger partial charge in [0.25, 0.3) is 0 Å². The number of allylic oxidation sites excluding steroid dienone is 1. The van der Waals surface area contributed by atoms with Gasteiger partial charge in [-0.2, -0.15) is 5.26 Å². The summed E-state index contributed by atoms with van der Waals surface area (Å²) in [6.07, 6.45) is 1.44. The predicted molar refractivity (Wildman–Crippen MR) is 101 cm³/mol. The van der Waals surface area contributed by atoms with Gasteiger partial charge in [-0.3, -0.25) is 19.3 Å². The van der Waals surface area contributed by atoms with Crippen LogP contribution in [0.15, 0.2) is 35.4 Å². The van der Waals surface area contributed by atoms with E-state index >= 15 is 0 Å². The van der Waals surface area contributed by atoms with Crippen LogP contribution in [0.5, 0.6) is 0 Å². The topological polar surface area (TPSA) is 90.3 Å². The Kier molecular flexibility index (Phi) is 5.88. The molecule has 0 radical (unpaired) electrons. The molecule has 136 valence electrons. The summed E-state index contributed by atoms with van der Waals surface area (Å²) < 4.78 is 0. The number of nitriles is 1. The monoisotopic (exact) mass is 371 g/mol. The van der Waals surface area contributed by atoms with E-state index in [0.717, 1.165) is 0 Å². The highest BCUT2D eigenvalue weighted by Gasteiger charge is 2.35. The summed E-state index contributed by atoms with van der Waals surface area (Å²) in [6, 6.07) is 7.77. The smallest absolute Gasteiger partial charge is 0.247 e. The summed E-state index contributed by atoms with van der Waals surface area (Å²) in [7, 11) is 0. The van der Waals surface area contributed by atoms with Crippen molar-refractivity contribution in [1.82, 2.24) is 4.90 Å². The maximum Gasteiger partial charge on any atom is 0.247 e. The predicted octanol–water partition coefficient (Wildman–Crippen LogP) is 2.92. The molecule has 0 unspecified atom stereocenters. The molecule has 1 N–H and O–H groups in total. The van der Waals surface area contributed by atoms with E-state index in [4.69, 9.17) is 5.26 Å². The van der Waals surface area contributed by atoms with E-state index in [2.05, 4.69) is 5.32 Å². The zero-order valence-electron chi connectivity index (χ0n) is 15.2. The zero-order valence-corrected chi connectivity index (χ0v) is 16.0. The van der Waals surface area contributed by atoms with Crippen LogP contribution in [-0.4, -0.2) is 34.3 Å². The molecule has 2 rings (SSSR count). The molecule has 26 heavy (non-hydrogen) atoms. The normalized spacial score (nSPS) is 17.1. The second-order valence-electron chi connectivity index (χ2n) is 7.01. The quantitative estimate of drug-likeness (QED) is 0.822. The molecular formula is C19H21N3O3S. The van der Waals surface area contributed by atoms with E-state index in [-0.39, 0.29) is 23.4 Å². The highest BCUT2D eigenvalue weighted by atomic mass is 32.2. The number of ketones is 1. The molecule has 7 heteroatoms. The highest BCUT2D eigenvalue weighted by molar-refractivity contribution is 8.04. The van der Waals surface area contributed by atoms with Crippen molar-refractivity contribution in [1.29, 1.82) is 5.26 Å². The summed E-state index contributed by atoms with van der Waals surface area (Å²) in [5.41, 5.74) is 0.352. The lowest BCUT2D eigenvalue weighted by Crippen LogP contribution is -2.42. The first-order valence-corrected chi connectivity index (χ1v) is 9.14. The standard InChI is InChI=1S/C19H21N3O3S/c1-12(18(25)21-14-7-5-6-13(8-14)10-20)22-16(24)11-26-17(22)9-15(23)19(2,3)4/h5-9,12H,11H2,1-4H3,(H,21,25)/b17-9-/t12-/m1/s1. The third-order valence-corrected chi connectivity index (χ3v) is 4.87. The number of nitrogens with one attached hydrogen (secondary N) is 1. The molecule has 1 heterocycles. The van der Waals surface area contributed by atoms with Crippen molar-refractivity contribution in [3.8, 4) is 6.07 Å². The molecule has 2 amide bonds. The molecule has 1 aromatic carbocycles. The summed E-state index contributed by atoms with van der Waals surface area (Å²) >= 11 is 1.25. The van der Waals surface area contributed by atoms with Gasteiger partial charge in [-0.25, -0.2) is 0 Å². The van der Waals surface area contributed by atoms with Crippen molar-refractivity contribution >= 4 is 35.0 Å². The number of amides is 2. The van der Waals surface area contributed by atoms with Gasteiger partial charge >= 0.3 is 0 Å². The van der Waals surface area contributed by atoms with Gasteiger partial charge in [0.1, 0.15) is 6.04 Å². The van der Waals surface area contributed by atoms with Crippen molar-refractivity contribution < 1.29 is 14.4 Å². The Morgan fingerprint density at radius 2 is 2.08 bits per heavy atom. The number of rotatable bonds is 4. The number of hydrogen-bond donors (Lipinski definition) is 1. The van der Waals surface area contributed by atoms with Gasteiger partial charge in [0.2, 0.25) is 11.8 Å². The van der Waals surface area contributed by atoms with E-state index in [1.54, 1.807) is 52.0 Å². The first kappa shape index (κ1) is 19.7. The molecule has 1 saturated heterocycles. The zero-order chi connectivity index (χ0) is 19.5. The van der Waals surface area contributed by atoms with E-state index < -0.39 is 11.5 Å². The van der Waals surface area contributed by atoms with Crippen LogP contribution >= 0.6 is 11.8 Å². The molecule has 1 aliphatic rings. The minimum atomic E-state index is -0.776. The van der Waals surface area contributed by atoms with Crippen LogP contribution in [0.2, 0.25) is 0 Å². The fraction of sp³-hybridized carbons (Fsp3) is 0.368. The van der Waals surface area contributed by atoms with Crippen LogP contribution in [0, 0.1) is 16.7 Å².